The minimum atomic E-state index is 0.701. The van der Waals surface area contributed by atoms with Crippen LogP contribution in [0.2, 0.25) is 0 Å². The standard InChI is InChI=1S/C9H18N4/c1-8(6-10-2)4-5-9-7-13(3)12-11-9/h7-8,10H,4-6H2,1-3H3. The third-order valence-corrected chi connectivity index (χ3v) is 2.10. The fourth-order valence-electron chi connectivity index (χ4n) is 1.35. The van der Waals surface area contributed by atoms with E-state index in [0.717, 1.165) is 18.7 Å². The summed E-state index contributed by atoms with van der Waals surface area (Å²) >= 11 is 0. The normalized spacial score (nSPS) is 13.2. The highest BCUT2D eigenvalue weighted by Crippen LogP contribution is 2.05. The quantitative estimate of drug-likeness (QED) is 0.725. The van der Waals surface area contributed by atoms with E-state index in [-0.39, 0.29) is 0 Å². The Morgan fingerprint density at radius 1 is 1.62 bits per heavy atom. The van der Waals surface area contributed by atoms with E-state index < -0.39 is 0 Å². The summed E-state index contributed by atoms with van der Waals surface area (Å²) in [7, 11) is 3.88. The molecule has 4 nitrogen and oxygen atoms in total. The average Bonchev–Trinajstić information content (AvgIpc) is 2.49. The zero-order valence-corrected chi connectivity index (χ0v) is 8.62. The number of aryl methyl sites for hydroxylation is 2. The Hall–Kier alpha value is -0.900. The number of aromatic nitrogens is 3. The van der Waals surface area contributed by atoms with Crippen molar-refractivity contribution in [2.45, 2.75) is 19.8 Å². The van der Waals surface area contributed by atoms with Crippen LogP contribution in [0.15, 0.2) is 6.20 Å². The molecule has 0 amide bonds. The van der Waals surface area contributed by atoms with Gasteiger partial charge in [0.15, 0.2) is 0 Å². The molecule has 0 spiro atoms. The maximum absolute atomic E-state index is 4.04. The van der Waals surface area contributed by atoms with E-state index >= 15 is 0 Å². The Labute approximate surface area is 79.3 Å². The van der Waals surface area contributed by atoms with Gasteiger partial charge in [-0.05, 0) is 32.4 Å². The molecular formula is C9H18N4. The van der Waals surface area contributed by atoms with Gasteiger partial charge < -0.3 is 5.32 Å². The molecule has 1 atom stereocenters. The molecule has 0 saturated carbocycles. The fraction of sp³-hybridized carbons (Fsp3) is 0.778. The van der Waals surface area contributed by atoms with Crippen molar-refractivity contribution in [1.82, 2.24) is 20.3 Å². The monoisotopic (exact) mass is 182 g/mol. The number of nitrogens with one attached hydrogen (secondary N) is 1. The summed E-state index contributed by atoms with van der Waals surface area (Å²) in [5.41, 5.74) is 1.09. The van der Waals surface area contributed by atoms with Gasteiger partial charge in [0.1, 0.15) is 0 Å². The van der Waals surface area contributed by atoms with Gasteiger partial charge in [0.05, 0.1) is 5.69 Å². The lowest BCUT2D eigenvalue weighted by Crippen LogP contribution is -2.16. The van der Waals surface area contributed by atoms with Gasteiger partial charge in [0.2, 0.25) is 0 Å². The molecule has 0 aliphatic heterocycles. The summed E-state index contributed by atoms with van der Waals surface area (Å²) < 4.78 is 1.75. The van der Waals surface area contributed by atoms with Gasteiger partial charge in [-0.1, -0.05) is 12.1 Å². The Balaban J connectivity index is 2.26. The van der Waals surface area contributed by atoms with E-state index in [4.69, 9.17) is 0 Å². The molecule has 4 heteroatoms. The first-order chi connectivity index (χ1) is 6.22. The second-order valence-corrected chi connectivity index (χ2v) is 3.59. The highest BCUT2D eigenvalue weighted by atomic mass is 15.4. The maximum atomic E-state index is 4.04. The lowest BCUT2D eigenvalue weighted by Gasteiger charge is -2.08. The molecule has 0 aliphatic carbocycles. The van der Waals surface area contributed by atoms with E-state index in [2.05, 4.69) is 22.6 Å². The lowest BCUT2D eigenvalue weighted by molar-refractivity contribution is 0.502. The van der Waals surface area contributed by atoms with Crippen molar-refractivity contribution in [3.63, 3.8) is 0 Å². The molecule has 0 fully saturated rings. The van der Waals surface area contributed by atoms with Crippen molar-refractivity contribution in [1.29, 1.82) is 0 Å². The largest absolute Gasteiger partial charge is 0.319 e. The van der Waals surface area contributed by atoms with Crippen molar-refractivity contribution < 1.29 is 0 Å². The van der Waals surface area contributed by atoms with Gasteiger partial charge in [-0.15, -0.1) is 5.10 Å². The molecule has 0 bridgehead atoms. The van der Waals surface area contributed by atoms with Gasteiger partial charge >= 0.3 is 0 Å². The summed E-state index contributed by atoms with van der Waals surface area (Å²) in [6.45, 7) is 3.31. The van der Waals surface area contributed by atoms with E-state index in [0.29, 0.717) is 5.92 Å². The molecule has 1 N–H and O–H groups in total. The minimum Gasteiger partial charge on any atom is -0.319 e. The Bertz CT molecular complexity index is 244. The predicted molar refractivity (Wildman–Crippen MR) is 52.4 cm³/mol. The highest BCUT2D eigenvalue weighted by molar-refractivity contribution is 4.91. The summed E-state index contributed by atoms with van der Waals surface area (Å²) in [5.74, 6) is 0.701. The molecule has 1 rings (SSSR count). The molecule has 1 unspecified atom stereocenters. The van der Waals surface area contributed by atoms with Gasteiger partial charge in [0.25, 0.3) is 0 Å². The number of rotatable bonds is 5. The van der Waals surface area contributed by atoms with Crippen molar-refractivity contribution in [2.75, 3.05) is 13.6 Å². The average molecular weight is 182 g/mol. The molecular weight excluding hydrogens is 164 g/mol. The second kappa shape index (κ2) is 4.97. The summed E-state index contributed by atoms with van der Waals surface area (Å²) in [6, 6.07) is 0. The molecule has 1 aromatic rings. The minimum absolute atomic E-state index is 0.701. The zero-order valence-electron chi connectivity index (χ0n) is 8.62. The third-order valence-electron chi connectivity index (χ3n) is 2.10. The highest BCUT2D eigenvalue weighted by Gasteiger charge is 2.03. The van der Waals surface area contributed by atoms with Crippen molar-refractivity contribution in [3.8, 4) is 0 Å². The summed E-state index contributed by atoms with van der Waals surface area (Å²) in [4.78, 5) is 0. The van der Waals surface area contributed by atoms with Crippen LogP contribution in [0.1, 0.15) is 19.0 Å². The molecule has 1 aromatic heterocycles. The zero-order chi connectivity index (χ0) is 9.68. The van der Waals surface area contributed by atoms with Crippen LogP contribution in [-0.2, 0) is 13.5 Å². The third kappa shape index (κ3) is 3.55. The van der Waals surface area contributed by atoms with E-state index in [1.54, 1.807) is 4.68 Å². The predicted octanol–water partition coefficient (Wildman–Crippen LogP) is 0.603. The van der Waals surface area contributed by atoms with Gasteiger partial charge in [0, 0.05) is 13.2 Å². The van der Waals surface area contributed by atoms with Crippen molar-refractivity contribution in [2.24, 2.45) is 13.0 Å². The Kier molecular flexibility index (Phi) is 3.89. The van der Waals surface area contributed by atoms with E-state index in [1.807, 2.05) is 20.3 Å². The maximum Gasteiger partial charge on any atom is 0.0827 e. The number of nitrogens with zero attached hydrogens (tertiary/aromatic N) is 3. The molecule has 74 valence electrons. The van der Waals surface area contributed by atoms with Crippen LogP contribution in [0.3, 0.4) is 0 Å². The second-order valence-electron chi connectivity index (χ2n) is 3.59. The van der Waals surface area contributed by atoms with E-state index in [9.17, 15) is 0 Å². The number of hydrogen-bond donors (Lipinski definition) is 1. The Morgan fingerprint density at radius 2 is 2.38 bits per heavy atom. The van der Waals surface area contributed by atoms with Crippen LogP contribution >= 0.6 is 0 Å². The summed E-state index contributed by atoms with van der Waals surface area (Å²) in [6.07, 6.45) is 4.17. The van der Waals surface area contributed by atoms with Gasteiger partial charge in [-0.2, -0.15) is 0 Å². The Morgan fingerprint density at radius 3 is 2.92 bits per heavy atom. The van der Waals surface area contributed by atoms with Gasteiger partial charge in [-0.25, -0.2) is 0 Å². The van der Waals surface area contributed by atoms with Gasteiger partial charge in [-0.3, -0.25) is 4.68 Å². The molecule has 0 saturated heterocycles. The van der Waals surface area contributed by atoms with Crippen LogP contribution in [0, 0.1) is 5.92 Å². The summed E-state index contributed by atoms with van der Waals surface area (Å²) in [5, 5.41) is 11.1. The SMILES string of the molecule is CNCC(C)CCc1cn(C)nn1. The molecule has 0 radical (unpaired) electrons. The van der Waals surface area contributed by atoms with Crippen molar-refractivity contribution in [3.05, 3.63) is 11.9 Å². The lowest BCUT2D eigenvalue weighted by atomic mass is 10.0. The molecule has 0 aliphatic rings. The first kappa shape index (κ1) is 10.2. The first-order valence-corrected chi connectivity index (χ1v) is 4.72. The van der Waals surface area contributed by atoms with Crippen LogP contribution in [0.25, 0.3) is 0 Å². The molecule has 13 heavy (non-hydrogen) atoms. The van der Waals surface area contributed by atoms with Crippen LogP contribution < -0.4 is 5.32 Å². The number of hydrogen-bond acceptors (Lipinski definition) is 3. The van der Waals surface area contributed by atoms with Crippen LogP contribution in [-0.4, -0.2) is 28.6 Å². The van der Waals surface area contributed by atoms with Crippen LogP contribution in [0.5, 0.6) is 0 Å². The molecule has 1 heterocycles. The first-order valence-electron chi connectivity index (χ1n) is 4.72. The van der Waals surface area contributed by atoms with Crippen LogP contribution in [0.4, 0.5) is 0 Å². The molecule has 0 aromatic carbocycles. The van der Waals surface area contributed by atoms with Crippen molar-refractivity contribution >= 4 is 0 Å². The smallest absolute Gasteiger partial charge is 0.0827 e. The van der Waals surface area contributed by atoms with E-state index in [1.165, 1.54) is 6.42 Å². The fourth-order valence-corrected chi connectivity index (χ4v) is 1.35. The topological polar surface area (TPSA) is 42.7 Å².